The lowest BCUT2D eigenvalue weighted by Gasteiger charge is -2.20. The molecule has 0 saturated carbocycles. The Bertz CT molecular complexity index is 448. The van der Waals surface area contributed by atoms with Crippen LogP contribution in [0.2, 0.25) is 0 Å². The Morgan fingerprint density at radius 2 is 1.89 bits per heavy atom. The van der Waals surface area contributed by atoms with Crippen LogP contribution in [-0.4, -0.2) is 11.8 Å². The molecule has 1 aromatic rings. The average molecular weight is 245 g/mol. The predicted molar refractivity (Wildman–Crippen MR) is 70.1 cm³/mol. The topological polar surface area (TPSA) is 46.2 Å². The van der Waals surface area contributed by atoms with Crippen molar-refractivity contribution in [2.75, 3.05) is 0 Å². The Hall–Kier alpha value is -1.64. The van der Waals surface area contributed by atoms with E-state index in [9.17, 15) is 9.59 Å². The number of carbonyl (C=O) groups excluding carboxylic acids is 2. The normalized spacial score (nSPS) is 20.1. The van der Waals surface area contributed by atoms with Crippen LogP contribution < -0.4 is 5.32 Å². The first kappa shape index (κ1) is 12.8. The van der Waals surface area contributed by atoms with Gasteiger partial charge in [0, 0.05) is 12.3 Å². The van der Waals surface area contributed by atoms with Gasteiger partial charge in [-0.25, -0.2) is 0 Å². The van der Waals surface area contributed by atoms with Crippen LogP contribution in [0.25, 0.3) is 0 Å². The van der Waals surface area contributed by atoms with Crippen molar-refractivity contribution in [1.29, 1.82) is 0 Å². The van der Waals surface area contributed by atoms with E-state index in [0.29, 0.717) is 18.8 Å². The predicted octanol–water partition coefficient (Wildman–Crippen LogP) is 2.41. The Morgan fingerprint density at radius 1 is 1.22 bits per heavy atom. The number of amides is 2. The standard InChI is InChI=1S/C15H19NO2/c1-10(2)12-5-3-11(4-6-12)9-13-7-8-14(17)16-15(13)18/h3-6,10,13H,7-9H2,1-2H3,(H,16,17,18). The lowest BCUT2D eigenvalue weighted by Crippen LogP contribution is -2.41. The van der Waals surface area contributed by atoms with Crippen LogP contribution in [0, 0.1) is 5.92 Å². The molecule has 1 unspecified atom stereocenters. The molecule has 0 aliphatic carbocycles. The van der Waals surface area contributed by atoms with Crippen molar-refractivity contribution < 1.29 is 9.59 Å². The number of hydrogen-bond acceptors (Lipinski definition) is 2. The molecule has 0 radical (unpaired) electrons. The molecule has 1 aliphatic rings. The molecule has 96 valence electrons. The summed E-state index contributed by atoms with van der Waals surface area (Å²) in [7, 11) is 0. The number of nitrogens with one attached hydrogen (secondary N) is 1. The molecular weight excluding hydrogens is 226 g/mol. The first-order chi connectivity index (χ1) is 8.56. The molecule has 1 saturated heterocycles. The molecule has 1 heterocycles. The minimum Gasteiger partial charge on any atom is -0.296 e. The van der Waals surface area contributed by atoms with E-state index in [1.807, 2.05) is 0 Å². The van der Waals surface area contributed by atoms with E-state index in [0.717, 1.165) is 12.0 Å². The lowest BCUT2D eigenvalue weighted by atomic mass is 9.90. The highest BCUT2D eigenvalue weighted by atomic mass is 16.2. The lowest BCUT2D eigenvalue weighted by molar-refractivity contribution is -0.136. The van der Waals surface area contributed by atoms with Crippen LogP contribution in [0.15, 0.2) is 24.3 Å². The van der Waals surface area contributed by atoms with Crippen molar-refractivity contribution in [2.45, 2.75) is 39.0 Å². The summed E-state index contributed by atoms with van der Waals surface area (Å²) in [5.74, 6) is 0.188. The minimum absolute atomic E-state index is 0.0624. The average Bonchev–Trinajstić information content (AvgIpc) is 2.33. The molecule has 1 fully saturated rings. The summed E-state index contributed by atoms with van der Waals surface area (Å²) in [6, 6.07) is 8.40. The molecule has 1 N–H and O–H groups in total. The fourth-order valence-electron chi connectivity index (χ4n) is 2.26. The van der Waals surface area contributed by atoms with Crippen molar-refractivity contribution in [3.63, 3.8) is 0 Å². The molecule has 1 aliphatic heterocycles. The van der Waals surface area contributed by atoms with Crippen molar-refractivity contribution in [2.24, 2.45) is 5.92 Å². The van der Waals surface area contributed by atoms with Gasteiger partial charge in [0.2, 0.25) is 11.8 Å². The van der Waals surface area contributed by atoms with Crippen LogP contribution >= 0.6 is 0 Å². The first-order valence-electron chi connectivity index (χ1n) is 6.49. The van der Waals surface area contributed by atoms with E-state index in [4.69, 9.17) is 0 Å². The van der Waals surface area contributed by atoms with Crippen molar-refractivity contribution in [3.05, 3.63) is 35.4 Å². The Labute approximate surface area is 108 Å². The van der Waals surface area contributed by atoms with Gasteiger partial charge >= 0.3 is 0 Å². The fourth-order valence-corrected chi connectivity index (χ4v) is 2.26. The highest BCUT2D eigenvalue weighted by Crippen LogP contribution is 2.20. The Morgan fingerprint density at radius 3 is 2.44 bits per heavy atom. The summed E-state index contributed by atoms with van der Waals surface area (Å²) < 4.78 is 0. The molecule has 2 amide bonds. The van der Waals surface area contributed by atoms with Gasteiger partial charge in [-0.3, -0.25) is 14.9 Å². The molecular formula is C15H19NO2. The number of piperidine rings is 1. The van der Waals surface area contributed by atoms with Crippen molar-refractivity contribution >= 4 is 11.8 Å². The van der Waals surface area contributed by atoms with Gasteiger partial charge in [-0.05, 0) is 29.9 Å². The van der Waals surface area contributed by atoms with Crippen LogP contribution in [0.3, 0.4) is 0 Å². The summed E-state index contributed by atoms with van der Waals surface area (Å²) in [5.41, 5.74) is 2.47. The van der Waals surface area contributed by atoms with Crippen molar-refractivity contribution in [1.82, 2.24) is 5.32 Å². The zero-order chi connectivity index (χ0) is 13.1. The molecule has 18 heavy (non-hydrogen) atoms. The molecule has 0 bridgehead atoms. The Kier molecular flexibility index (Phi) is 3.80. The van der Waals surface area contributed by atoms with Crippen LogP contribution in [0.4, 0.5) is 0 Å². The summed E-state index contributed by atoms with van der Waals surface area (Å²) in [6.45, 7) is 4.32. The van der Waals surface area contributed by atoms with Crippen LogP contribution in [-0.2, 0) is 16.0 Å². The zero-order valence-corrected chi connectivity index (χ0v) is 10.9. The number of benzene rings is 1. The monoisotopic (exact) mass is 245 g/mol. The van der Waals surface area contributed by atoms with E-state index in [2.05, 4.69) is 43.4 Å². The molecule has 2 rings (SSSR count). The fraction of sp³-hybridized carbons (Fsp3) is 0.467. The number of rotatable bonds is 3. The summed E-state index contributed by atoms with van der Waals surface area (Å²) in [5, 5.41) is 2.40. The Balaban J connectivity index is 2.01. The quantitative estimate of drug-likeness (QED) is 0.831. The zero-order valence-electron chi connectivity index (χ0n) is 10.9. The van der Waals surface area contributed by atoms with Gasteiger partial charge in [0.15, 0.2) is 0 Å². The van der Waals surface area contributed by atoms with E-state index >= 15 is 0 Å². The van der Waals surface area contributed by atoms with Gasteiger partial charge in [0.1, 0.15) is 0 Å². The SMILES string of the molecule is CC(C)c1ccc(CC2CCC(=O)NC2=O)cc1. The van der Waals surface area contributed by atoms with Gasteiger partial charge in [-0.15, -0.1) is 0 Å². The maximum atomic E-state index is 11.7. The largest absolute Gasteiger partial charge is 0.296 e. The second-order valence-electron chi connectivity index (χ2n) is 5.25. The van der Waals surface area contributed by atoms with E-state index in [-0.39, 0.29) is 17.7 Å². The summed E-state index contributed by atoms with van der Waals surface area (Å²) in [4.78, 5) is 22.7. The number of imide groups is 1. The molecule has 3 nitrogen and oxygen atoms in total. The third-order valence-corrected chi connectivity index (χ3v) is 3.48. The highest BCUT2D eigenvalue weighted by Gasteiger charge is 2.26. The first-order valence-corrected chi connectivity index (χ1v) is 6.49. The minimum atomic E-state index is -0.147. The number of hydrogen-bond donors (Lipinski definition) is 1. The molecule has 1 aromatic carbocycles. The van der Waals surface area contributed by atoms with Crippen molar-refractivity contribution in [3.8, 4) is 0 Å². The van der Waals surface area contributed by atoms with E-state index in [1.165, 1.54) is 5.56 Å². The summed E-state index contributed by atoms with van der Waals surface area (Å²) in [6.07, 6.45) is 1.84. The van der Waals surface area contributed by atoms with Crippen LogP contribution in [0.1, 0.15) is 43.7 Å². The third-order valence-electron chi connectivity index (χ3n) is 3.48. The number of carbonyl (C=O) groups is 2. The smallest absolute Gasteiger partial charge is 0.230 e. The van der Waals surface area contributed by atoms with Gasteiger partial charge in [-0.2, -0.15) is 0 Å². The highest BCUT2D eigenvalue weighted by molar-refractivity contribution is 5.98. The molecule has 1 atom stereocenters. The molecule has 3 heteroatoms. The van der Waals surface area contributed by atoms with Gasteiger partial charge < -0.3 is 0 Å². The van der Waals surface area contributed by atoms with E-state index in [1.54, 1.807) is 0 Å². The maximum absolute atomic E-state index is 11.7. The van der Waals surface area contributed by atoms with Gasteiger partial charge in [0.25, 0.3) is 0 Å². The second kappa shape index (κ2) is 5.34. The second-order valence-corrected chi connectivity index (χ2v) is 5.25. The van der Waals surface area contributed by atoms with Crippen LogP contribution in [0.5, 0.6) is 0 Å². The van der Waals surface area contributed by atoms with Gasteiger partial charge in [0.05, 0.1) is 0 Å². The third kappa shape index (κ3) is 2.97. The maximum Gasteiger partial charge on any atom is 0.230 e. The molecule has 0 spiro atoms. The van der Waals surface area contributed by atoms with Gasteiger partial charge in [-0.1, -0.05) is 38.1 Å². The summed E-state index contributed by atoms with van der Waals surface area (Å²) >= 11 is 0. The van der Waals surface area contributed by atoms with E-state index < -0.39 is 0 Å². The molecule has 0 aromatic heterocycles.